The number of hydrogen-bond acceptors (Lipinski definition) is 4. The molecule has 5 heteroatoms. The van der Waals surface area contributed by atoms with Crippen molar-refractivity contribution in [3.8, 4) is 0 Å². The van der Waals surface area contributed by atoms with Gasteiger partial charge in [0.05, 0.1) is 0 Å². The summed E-state index contributed by atoms with van der Waals surface area (Å²) in [5.74, 6) is -2.50. The van der Waals surface area contributed by atoms with Crippen molar-refractivity contribution >= 4 is 27.7 Å². The minimum absolute atomic E-state index is 0.217. The summed E-state index contributed by atoms with van der Waals surface area (Å²) in [6, 6.07) is 0. The van der Waals surface area contributed by atoms with Gasteiger partial charge in [-0.15, -0.1) is 0 Å². The maximum absolute atomic E-state index is 11.5. The first-order chi connectivity index (χ1) is 6.82. The van der Waals surface area contributed by atoms with E-state index in [-0.39, 0.29) is 12.2 Å². The van der Waals surface area contributed by atoms with E-state index in [0.29, 0.717) is 6.42 Å². The molecule has 0 spiro atoms. The zero-order valence-electron chi connectivity index (χ0n) is 8.88. The van der Waals surface area contributed by atoms with Crippen LogP contribution in [0.2, 0.25) is 0 Å². The van der Waals surface area contributed by atoms with Gasteiger partial charge in [-0.25, -0.2) is 0 Å². The van der Waals surface area contributed by atoms with Crippen LogP contribution >= 0.6 is 15.9 Å². The van der Waals surface area contributed by atoms with Crippen LogP contribution in [0.5, 0.6) is 0 Å². The first-order valence-electron chi connectivity index (χ1n) is 4.94. The third kappa shape index (κ3) is 2.23. The maximum atomic E-state index is 11.5. The third-order valence-corrected chi connectivity index (χ3v) is 4.35. The highest BCUT2D eigenvalue weighted by atomic mass is 79.9. The van der Waals surface area contributed by atoms with Crippen molar-refractivity contribution in [2.75, 3.05) is 0 Å². The number of Topliss-reactive ketones (excluding diaryl/α,β-unsaturated/α-hetero) is 1. The fourth-order valence-electron chi connectivity index (χ4n) is 1.95. The number of esters is 1. The minimum Gasteiger partial charge on any atom is -0.431 e. The Morgan fingerprint density at radius 1 is 1.27 bits per heavy atom. The number of carbonyl (C=O) groups is 2. The fraction of sp³-hybridized carbons (Fsp3) is 0.800. The number of ether oxygens (including phenoxy) is 1. The molecule has 1 aliphatic carbocycles. The molecular formula is C10H15BrO4. The Morgan fingerprint density at radius 3 is 2.27 bits per heavy atom. The van der Waals surface area contributed by atoms with E-state index >= 15 is 0 Å². The largest absolute Gasteiger partial charge is 0.431 e. The molecule has 2 atom stereocenters. The van der Waals surface area contributed by atoms with Crippen molar-refractivity contribution in [1.82, 2.24) is 0 Å². The lowest BCUT2D eigenvalue weighted by atomic mass is 9.80. The Bertz CT molecular complexity index is 291. The van der Waals surface area contributed by atoms with Crippen LogP contribution in [0.1, 0.15) is 39.5 Å². The molecule has 0 aliphatic heterocycles. The summed E-state index contributed by atoms with van der Waals surface area (Å²) in [7, 11) is 0. The van der Waals surface area contributed by atoms with Gasteiger partial charge in [-0.3, -0.25) is 9.59 Å². The van der Waals surface area contributed by atoms with Crippen molar-refractivity contribution in [3.63, 3.8) is 0 Å². The lowest BCUT2D eigenvalue weighted by Crippen LogP contribution is -2.58. The normalized spacial score (nSPS) is 36.0. The van der Waals surface area contributed by atoms with Crippen molar-refractivity contribution in [1.29, 1.82) is 0 Å². The van der Waals surface area contributed by atoms with Gasteiger partial charge in [0.1, 0.15) is 4.32 Å². The molecular weight excluding hydrogens is 264 g/mol. The van der Waals surface area contributed by atoms with Crippen molar-refractivity contribution < 1.29 is 19.4 Å². The second-order valence-corrected chi connectivity index (χ2v) is 5.30. The van der Waals surface area contributed by atoms with E-state index in [4.69, 9.17) is 4.74 Å². The van der Waals surface area contributed by atoms with Crippen LogP contribution in [-0.2, 0) is 14.3 Å². The summed E-state index contributed by atoms with van der Waals surface area (Å²) in [6.45, 7) is 2.61. The molecule has 1 aliphatic rings. The number of ketones is 1. The lowest BCUT2D eigenvalue weighted by Gasteiger charge is -2.43. The van der Waals surface area contributed by atoms with Crippen molar-refractivity contribution in [2.45, 2.75) is 49.6 Å². The molecule has 15 heavy (non-hydrogen) atoms. The lowest BCUT2D eigenvalue weighted by molar-refractivity contribution is -0.228. The zero-order chi connectivity index (χ0) is 11.7. The smallest absolute Gasteiger partial charge is 0.305 e. The summed E-state index contributed by atoms with van der Waals surface area (Å²) in [6.07, 6.45) is 2.34. The highest BCUT2D eigenvalue weighted by Crippen LogP contribution is 2.45. The second-order valence-electron chi connectivity index (χ2n) is 3.94. The molecule has 2 unspecified atom stereocenters. The Hall–Kier alpha value is -0.420. The first kappa shape index (κ1) is 12.6. The van der Waals surface area contributed by atoms with Crippen LogP contribution in [0, 0.1) is 0 Å². The molecule has 0 aromatic carbocycles. The molecule has 0 aromatic rings. The number of halogens is 1. The topological polar surface area (TPSA) is 63.6 Å². The molecule has 1 N–H and O–H groups in total. The van der Waals surface area contributed by atoms with Gasteiger partial charge in [-0.2, -0.15) is 0 Å². The average Bonchev–Trinajstić information content (AvgIpc) is 2.08. The van der Waals surface area contributed by atoms with Crippen LogP contribution in [0.4, 0.5) is 0 Å². The molecule has 0 aromatic heterocycles. The molecule has 1 fully saturated rings. The Labute approximate surface area is 97.1 Å². The Balaban J connectivity index is 3.00. The van der Waals surface area contributed by atoms with E-state index < -0.39 is 16.1 Å². The van der Waals surface area contributed by atoms with Crippen molar-refractivity contribution in [3.05, 3.63) is 0 Å². The minimum atomic E-state index is -1.71. The maximum Gasteiger partial charge on any atom is 0.305 e. The van der Waals surface area contributed by atoms with Crippen molar-refractivity contribution in [2.24, 2.45) is 0 Å². The predicted molar refractivity (Wildman–Crippen MR) is 57.5 cm³/mol. The average molecular weight is 279 g/mol. The molecule has 1 saturated carbocycles. The van der Waals surface area contributed by atoms with Crippen LogP contribution in [-0.4, -0.2) is 27.0 Å². The number of carbonyl (C=O) groups excluding carboxylic acids is 2. The zero-order valence-corrected chi connectivity index (χ0v) is 10.5. The van der Waals surface area contributed by atoms with E-state index in [9.17, 15) is 14.7 Å². The second kappa shape index (κ2) is 4.22. The summed E-state index contributed by atoms with van der Waals surface area (Å²) in [4.78, 5) is 22.4. The van der Waals surface area contributed by atoms with Gasteiger partial charge in [0, 0.05) is 13.3 Å². The van der Waals surface area contributed by atoms with E-state index in [1.165, 1.54) is 13.8 Å². The van der Waals surface area contributed by atoms with E-state index in [1.54, 1.807) is 0 Å². The number of aliphatic hydroxyl groups is 1. The van der Waals surface area contributed by atoms with Crippen LogP contribution in [0.25, 0.3) is 0 Å². The molecule has 4 nitrogen and oxygen atoms in total. The van der Waals surface area contributed by atoms with E-state index in [2.05, 4.69) is 15.9 Å². The van der Waals surface area contributed by atoms with Crippen LogP contribution < -0.4 is 0 Å². The van der Waals surface area contributed by atoms with Gasteiger partial charge in [-0.1, -0.05) is 22.4 Å². The first-order valence-corrected chi connectivity index (χ1v) is 5.73. The molecule has 1 rings (SSSR count). The van der Waals surface area contributed by atoms with Crippen LogP contribution in [0.15, 0.2) is 0 Å². The number of rotatable bonds is 2. The highest BCUT2D eigenvalue weighted by molar-refractivity contribution is 9.10. The number of alkyl halides is 1. The summed E-state index contributed by atoms with van der Waals surface area (Å²) >= 11 is 3.23. The van der Waals surface area contributed by atoms with Gasteiger partial charge in [0.25, 0.3) is 0 Å². The molecule has 0 radical (unpaired) electrons. The highest BCUT2D eigenvalue weighted by Gasteiger charge is 2.56. The SMILES string of the molecule is CC(=O)OC1(O)CCCCC1(Br)C(C)=O. The third-order valence-electron chi connectivity index (χ3n) is 2.78. The van der Waals surface area contributed by atoms with E-state index in [1.807, 2.05) is 0 Å². The fourth-order valence-corrected chi connectivity index (χ4v) is 2.51. The van der Waals surface area contributed by atoms with Crippen LogP contribution in [0.3, 0.4) is 0 Å². The van der Waals surface area contributed by atoms with Gasteiger partial charge in [0.2, 0.25) is 5.79 Å². The Morgan fingerprint density at radius 2 is 1.80 bits per heavy atom. The summed E-state index contributed by atoms with van der Waals surface area (Å²) < 4.78 is 3.76. The molecule has 0 saturated heterocycles. The van der Waals surface area contributed by atoms with E-state index in [0.717, 1.165) is 12.8 Å². The Kier molecular flexibility index (Phi) is 3.55. The van der Waals surface area contributed by atoms with Gasteiger partial charge >= 0.3 is 5.97 Å². The quantitative estimate of drug-likeness (QED) is 0.473. The molecule has 0 heterocycles. The predicted octanol–water partition coefficient (Wildman–Crippen LogP) is 1.53. The molecule has 0 bridgehead atoms. The summed E-state index contributed by atoms with van der Waals surface area (Å²) in [5, 5.41) is 10.2. The number of hydrogen-bond donors (Lipinski definition) is 1. The standard InChI is InChI=1S/C10H15BrO4/c1-7(12)9(11)5-3-4-6-10(9,14)15-8(2)13/h14H,3-6H2,1-2H3. The summed E-state index contributed by atoms with van der Waals surface area (Å²) in [5.41, 5.74) is 0. The van der Waals surface area contributed by atoms with Gasteiger partial charge in [-0.05, 0) is 19.8 Å². The molecule has 0 amide bonds. The van der Waals surface area contributed by atoms with Gasteiger partial charge < -0.3 is 9.84 Å². The molecule has 86 valence electrons. The van der Waals surface area contributed by atoms with Gasteiger partial charge in [0.15, 0.2) is 5.78 Å². The monoisotopic (exact) mass is 278 g/mol.